The van der Waals surface area contributed by atoms with Crippen LogP contribution in [0, 0.1) is 30.0 Å². The van der Waals surface area contributed by atoms with Gasteiger partial charge in [-0.05, 0) is 80.3 Å². The van der Waals surface area contributed by atoms with Gasteiger partial charge in [-0.1, -0.05) is 54.5 Å². The van der Waals surface area contributed by atoms with Crippen molar-refractivity contribution in [2.45, 2.75) is 76.9 Å². The van der Waals surface area contributed by atoms with Gasteiger partial charge in [0.2, 0.25) is 5.91 Å². The summed E-state index contributed by atoms with van der Waals surface area (Å²) in [5.41, 5.74) is 1.57. The van der Waals surface area contributed by atoms with Crippen molar-refractivity contribution in [3.8, 4) is 5.19 Å². The van der Waals surface area contributed by atoms with Gasteiger partial charge in [-0.3, -0.25) is 14.4 Å². The van der Waals surface area contributed by atoms with Crippen LogP contribution in [0.5, 0.6) is 5.19 Å². The molecular weight excluding hydrogens is 567 g/mol. The Morgan fingerprint density at radius 1 is 1.19 bits per heavy atom. The van der Waals surface area contributed by atoms with E-state index in [0.717, 1.165) is 47.0 Å². The van der Waals surface area contributed by atoms with Crippen molar-refractivity contribution >= 4 is 39.2 Å². The largest absolute Gasteiger partial charge is 0.481 e. The molecule has 1 N–H and O–H groups in total. The molecule has 1 aliphatic carbocycles. The Morgan fingerprint density at radius 2 is 2.05 bits per heavy atom. The lowest BCUT2D eigenvalue weighted by atomic mass is 9.90. The smallest absolute Gasteiger partial charge is 0.310 e. The quantitative estimate of drug-likeness (QED) is 0.333. The Labute approximate surface area is 254 Å². The highest BCUT2D eigenvalue weighted by Crippen LogP contribution is 2.57. The average Bonchev–Trinajstić information content (AvgIpc) is 3.29. The molecule has 1 saturated heterocycles. The molecule has 2 aromatic carbocycles. The molecule has 43 heavy (non-hydrogen) atoms. The fourth-order valence-corrected chi connectivity index (χ4v) is 7.74. The highest BCUT2D eigenvalue weighted by molar-refractivity contribution is 7.20. The van der Waals surface area contributed by atoms with E-state index in [-0.39, 0.29) is 42.8 Å². The number of rotatable bonds is 5. The van der Waals surface area contributed by atoms with E-state index in [9.17, 15) is 23.9 Å². The van der Waals surface area contributed by atoms with E-state index in [1.54, 1.807) is 11.0 Å². The first-order chi connectivity index (χ1) is 20.7. The third-order valence-electron chi connectivity index (χ3n) is 9.27. The number of fused-ring (bicyclic) bond motifs is 3. The molecule has 1 amide bonds. The van der Waals surface area contributed by atoms with Crippen molar-refractivity contribution in [2.75, 3.05) is 6.54 Å². The summed E-state index contributed by atoms with van der Waals surface area (Å²) in [4.78, 5) is 46.8. The Morgan fingerprint density at radius 3 is 2.86 bits per heavy atom. The summed E-state index contributed by atoms with van der Waals surface area (Å²) in [6.07, 6.45) is 8.68. The number of carbonyl (C=O) groups is 3. The summed E-state index contributed by atoms with van der Waals surface area (Å²) in [5.74, 6) is -2.30. The molecule has 9 heteroatoms. The van der Waals surface area contributed by atoms with Gasteiger partial charge in [0.05, 0.1) is 28.2 Å². The first-order valence-corrected chi connectivity index (χ1v) is 16.0. The fourth-order valence-electron chi connectivity index (χ4n) is 6.76. The number of hydrogen-bond donors (Lipinski definition) is 1. The third kappa shape index (κ3) is 6.37. The fraction of sp³-hybridized carbons (Fsp3) is 0.471. The molecule has 0 bridgehead atoms. The first kappa shape index (κ1) is 29.5. The molecule has 3 heterocycles. The van der Waals surface area contributed by atoms with Gasteiger partial charge in [0.15, 0.2) is 5.78 Å². The number of carboxylic acids is 1. The van der Waals surface area contributed by atoms with Gasteiger partial charge in [0.25, 0.3) is 5.19 Å². The Kier molecular flexibility index (Phi) is 8.36. The predicted octanol–water partition coefficient (Wildman–Crippen LogP) is 6.52. The maximum absolute atomic E-state index is 14.3. The molecule has 2 fully saturated rings. The number of Topliss-reactive ketones (excluding diaryl/α,β-unsaturated/α-hetero) is 1. The van der Waals surface area contributed by atoms with Crippen LogP contribution in [-0.4, -0.2) is 51.3 Å². The minimum atomic E-state index is -1.12. The minimum Gasteiger partial charge on any atom is -0.481 e. The minimum absolute atomic E-state index is 0.118. The number of carboxylic acid groups (broad SMARTS) is 1. The van der Waals surface area contributed by atoms with Gasteiger partial charge in [-0.2, -0.15) is 0 Å². The summed E-state index contributed by atoms with van der Waals surface area (Å²) < 4.78 is 21.4. The van der Waals surface area contributed by atoms with Crippen LogP contribution in [0.3, 0.4) is 0 Å². The van der Waals surface area contributed by atoms with Crippen molar-refractivity contribution in [1.82, 2.24) is 9.88 Å². The van der Waals surface area contributed by atoms with E-state index in [4.69, 9.17) is 4.74 Å². The highest BCUT2D eigenvalue weighted by Gasteiger charge is 2.61. The van der Waals surface area contributed by atoms with Crippen LogP contribution in [0.4, 0.5) is 4.39 Å². The zero-order chi connectivity index (χ0) is 30.1. The van der Waals surface area contributed by atoms with Crippen LogP contribution in [0.15, 0.2) is 54.6 Å². The van der Waals surface area contributed by atoms with Crippen LogP contribution < -0.4 is 4.74 Å². The number of benzene rings is 2. The van der Waals surface area contributed by atoms with Gasteiger partial charge >= 0.3 is 5.97 Å². The normalized spacial score (nSPS) is 28.9. The lowest BCUT2D eigenvalue weighted by molar-refractivity contribution is -0.147. The number of aryl methyl sites for hydroxylation is 1. The third-order valence-corrected chi connectivity index (χ3v) is 10.2. The number of aliphatic carboxylic acids is 1. The molecule has 0 unspecified atom stereocenters. The second-order valence-electron chi connectivity index (χ2n) is 12.4. The average molecular weight is 605 g/mol. The molecular formula is C34H37FN2O5S. The topological polar surface area (TPSA) is 96.8 Å². The van der Waals surface area contributed by atoms with Gasteiger partial charge in [0, 0.05) is 18.8 Å². The van der Waals surface area contributed by atoms with E-state index in [1.807, 2.05) is 43.3 Å². The van der Waals surface area contributed by atoms with Crippen LogP contribution in [0.25, 0.3) is 10.2 Å². The molecule has 226 valence electrons. The molecule has 3 aliphatic rings. The van der Waals surface area contributed by atoms with E-state index in [1.165, 1.54) is 23.5 Å². The van der Waals surface area contributed by atoms with E-state index in [0.29, 0.717) is 24.5 Å². The van der Waals surface area contributed by atoms with Crippen molar-refractivity contribution < 1.29 is 28.6 Å². The van der Waals surface area contributed by atoms with E-state index < -0.39 is 29.4 Å². The van der Waals surface area contributed by atoms with Gasteiger partial charge < -0.3 is 14.7 Å². The van der Waals surface area contributed by atoms with Gasteiger partial charge in [-0.15, -0.1) is 0 Å². The summed E-state index contributed by atoms with van der Waals surface area (Å²) in [5, 5.41) is 10.6. The lowest BCUT2D eigenvalue weighted by Gasteiger charge is -2.29. The molecule has 3 aromatic rings. The monoisotopic (exact) mass is 604 g/mol. The molecule has 6 rings (SSSR count). The number of amides is 1. The summed E-state index contributed by atoms with van der Waals surface area (Å²) in [6, 6.07) is 11.5. The van der Waals surface area contributed by atoms with Gasteiger partial charge in [-0.25, -0.2) is 9.37 Å². The number of ether oxygens (including phenoxy) is 1. The Balaban J connectivity index is 1.29. The summed E-state index contributed by atoms with van der Waals surface area (Å²) in [7, 11) is 0. The zero-order valence-electron chi connectivity index (χ0n) is 24.3. The SMILES string of the molecule is Cc1ccc2nc(O[C@@H]3C[C@H]4C(=O)C[C@]5(C(=O)O)C[C@@H]5/C=C\CCCCC[C@H](Cc5cccc(F)c5)C(=O)N4C3)sc2c1. The molecule has 5 atom stereocenters. The number of hydrogen-bond acceptors (Lipinski definition) is 6. The number of aromatic nitrogens is 1. The number of allylic oxidation sites excluding steroid dienone is 2. The number of halogens is 1. The van der Waals surface area contributed by atoms with E-state index in [2.05, 4.69) is 4.98 Å². The van der Waals surface area contributed by atoms with Crippen molar-refractivity contribution in [3.63, 3.8) is 0 Å². The molecule has 0 spiro atoms. The molecule has 1 aromatic heterocycles. The van der Waals surface area contributed by atoms with Gasteiger partial charge in [0.1, 0.15) is 11.9 Å². The Bertz CT molecular complexity index is 1570. The van der Waals surface area contributed by atoms with Crippen molar-refractivity contribution in [2.24, 2.45) is 17.3 Å². The van der Waals surface area contributed by atoms with Crippen LogP contribution >= 0.6 is 11.3 Å². The Hall–Kier alpha value is -3.59. The second-order valence-corrected chi connectivity index (χ2v) is 13.4. The zero-order valence-corrected chi connectivity index (χ0v) is 25.2. The summed E-state index contributed by atoms with van der Waals surface area (Å²) in [6.45, 7) is 2.23. The van der Waals surface area contributed by atoms with Crippen LogP contribution in [-0.2, 0) is 20.8 Å². The van der Waals surface area contributed by atoms with E-state index >= 15 is 0 Å². The predicted molar refractivity (Wildman–Crippen MR) is 163 cm³/mol. The highest BCUT2D eigenvalue weighted by atomic mass is 32.1. The standard InChI is InChI=1S/C34H37FN2O5S/c1-21-12-13-27-30(14-21)43-33(36-27)42-26-17-28-29(38)19-34(32(40)41)18-24(34)10-6-4-2-3-5-9-23(31(39)37(28)20-26)15-22-8-7-11-25(35)16-22/h6-8,10-14,16,23-24,26,28H,2-5,9,15,17-20H2,1H3,(H,40,41)/b10-6-/t23-,24+,26-,28+,34-/m1/s1. The van der Waals surface area contributed by atoms with Crippen molar-refractivity contribution in [1.29, 1.82) is 0 Å². The lowest BCUT2D eigenvalue weighted by Crippen LogP contribution is -2.45. The molecule has 1 saturated carbocycles. The molecule has 2 aliphatic heterocycles. The summed E-state index contributed by atoms with van der Waals surface area (Å²) >= 11 is 1.43. The number of nitrogens with zero attached hydrogens (tertiary/aromatic N) is 2. The molecule has 7 nitrogen and oxygen atoms in total. The number of thiazole rings is 1. The maximum Gasteiger partial charge on any atom is 0.310 e. The van der Waals surface area contributed by atoms with Crippen LogP contribution in [0.1, 0.15) is 62.5 Å². The maximum atomic E-state index is 14.3. The van der Waals surface area contributed by atoms with Crippen molar-refractivity contribution in [3.05, 3.63) is 71.6 Å². The first-order valence-electron chi connectivity index (χ1n) is 15.2. The van der Waals surface area contributed by atoms with Crippen LogP contribution in [0.2, 0.25) is 0 Å². The molecule has 0 radical (unpaired) electrons. The second kappa shape index (κ2) is 12.2. The number of carbonyl (C=O) groups excluding carboxylic acids is 2. The number of ketones is 1.